The zero-order valence-corrected chi connectivity index (χ0v) is 16.6. The number of rotatable bonds is 3. The molecule has 1 fully saturated rings. The number of anilines is 3. The highest BCUT2D eigenvalue weighted by molar-refractivity contribution is 6.43. The number of nitrogens with one attached hydrogen (secondary N) is 2. The maximum Gasteiger partial charge on any atom is 0.314 e. The van der Waals surface area contributed by atoms with Crippen LogP contribution in [-0.4, -0.2) is 24.3 Å². The molecule has 0 aromatic heterocycles. The maximum absolute atomic E-state index is 12.3. The van der Waals surface area contributed by atoms with E-state index in [2.05, 4.69) is 10.6 Å². The molecule has 0 bridgehead atoms. The zero-order valence-electron chi connectivity index (χ0n) is 15.8. The second kappa shape index (κ2) is 8.44. The summed E-state index contributed by atoms with van der Waals surface area (Å²) in [6.07, 6.45) is 2.37. The molecule has 3 amide bonds. The van der Waals surface area contributed by atoms with E-state index < -0.39 is 11.8 Å². The quantitative estimate of drug-likeness (QED) is 0.764. The van der Waals surface area contributed by atoms with Crippen molar-refractivity contribution in [3.8, 4) is 0 Å². The van der Waals surface area contributed by atoms with Crippen LogP contribution < -0.4 is 15.5 Å². The van der Waals surface area contributed by atoms with Crippen LogP contribution in [0.2, 0.25) is 5.02 Å². The Morgan fingerprint density at radius 1 is 0.929 bits per heavy atom. The largest absolute Gasteiger partial charge is 0.318 e. The molecule has 0 unspecified atom stereocenters. The number of carbonyl (C=O) groups is 3. The Kier molecular flexibility index (Phi) is 5.99. The first-order chi connectivity index (χ1) is 13.3. The van der Waals surface area contributed by atoms with Gasteiger partial charge in [-0.15, -0.1) is 0 Å². The van der Waals surface area contributed by atoms with Crippen LogP contribution in [0.4, 0.5) is 17.1 Å². The molecule has 2 N–H and O–H groups in total. The van der Waals surface area contributed by atoms with Crippen molar-refractivity contribution >= 4 is 46.4 Å². The summed E-state index contributed by atoms with van der Waals surface area (Å²) in [5, 5.41) is 5.62. The van der Waals surface area contributed by atoms with E-state index in [4.69, 9.17) is 11.6 Å². The number of piperidine rings is 1. The summed E-state index contributed by atoms with van der Waals surface area (Å²) in [7, 11) is 0. The van der Waals surface area contributed by atoms with Crippen LogP contribution in [0.3, 0.4) is 0 Å². The maximum atomic E-state index is 12.3. The van der Waals surface area contributed by atoms with Crippen molar-refractivity contribution < 1.29 is 14.4 Å². The Morgan fingerprint density at radius 2 is 1.54 bits per heavy atom. The number of hydrogen-bond donors (Lipinski definition) is 2. The fraction of sp³-hybridized carbons (Fsp3) is 0.286. The monoisotopic (exact) mass is 399 g/mol. The van der Waals surface area contributed by atoms with E-state index in [9.17, 15) is 14.4 Å². The number of nitrogens with zero attached hydrogens (tertiary/aromatic N) is 1. The normalized spacial score (nSPS) is 14.0. The average Bonchev–Trinajstić information content (AvgIpc) is 2.67. The van der Waals surface area contributed by atoms with E-state index in [0.29, 0.717) is 29.4 Å². The van der Waals surface area contributed by atoms with Gasteiger partial charge >= 0.3 is 11.8 Å². The van der Waals surface area contributed by atoms with Gasteiger partial charge in [0.05, 0.1) is 0 Å². The predicted molar refractivity (Wildman–Crippen MR) is 111 cm³/mol. The molecule has 1 aliphatic heterocycles. The Bertz CT molecular complexity index is 942. The third-order valence-corrected chi connectivity index (χ3v) is 5.12. The van der Waals surface area contributed by atoms with Crippen LogP contribution in [-0.2, 0) is 14.4 Å². The molecule has 2 aromatic rings. The van der Waals surface area contributed by atoms with Crippen LogP contribution in [0.25, 0.3) is 0 Å². The van der Waals surface area contributed by atoms with Crippen molar-refractivity contribution in [2.45, 2.75) is 33.1 Å². The molecule has 1 aliphatic rings. The summed E-state index contributed by atoms with van der Waals surface area (Å²) in [5.41, 5.74) is 3.48. The van der Waals surface area contributed by atoms with Crippen molar-refractivity contribution in [3.63, 3.8) is 0 Å². The molecular weight excluding hydrogens is 378 g/mol. The number of carbonyl (C=O) groups excluding carboxylic acids is 3. The number of aryl methyl sites for hydroxylation is 2. The van der Waals surface area contributed by atoms with E-state index in [1.165, 1.54) is 0 Å². The third-order valence-electron chi connectivity index (χ3n) is 4.72. The van der Waals surface area contributed by atoms with Gasteiger partial charge in [-0.1, -0.05) is 23.7 Å². The summed E-state index contributed by atoms with van der Waals surface area (Å²) in [5.74, 6) is -1.51. The summed E-state index contributed by atoms with van der Waals surface area (Å²) < 4.78 is 0. The molecule has 7 heteroatoms. The SMILES string of the molecule is Cc1ccc(NC(=O)C(=O)Nc2ccc(C)c(N3CCCCC3=O)c2)cc1Cl. The van der Waals surface area contributed by atoms with Crippen molar-refractivity contribution in [1.29, 1.82) is 0 Å². The van der Waals surface area contributed by atoms with Crippen molar-refractivity contribution in [2.75, 3.05) is 22.1 Å². The van der Waals surface area contributed by atoms with Gasteiger partial charge in [0.15, 0.2) is 0 Å². The van der Waals surface area contributed by atoms with Gasteiger partial charge in [-0.25, -0.2) is 0 Å². The average molecular weight is 400 g/mol. The summed E-state index contributed by atoms with van der Waals surface area (Å²) >= 11 is 6.04. The predicted octanol–water partition coefficient (Wildman–Crippen LogP) is 4.05. The van der Waals surface area contributed by atoms with Crippen LogP contribution in [0.1, 0.15) is 30.4 Å². The molecule has 1 heterocycles. The first-order valence-electron chi connectivity index (χ1n) is 9.14. The smallest absolute Gasteiger partial charge is 0.314 e. The molecule has 0 radical (unpaired) electrons. The highest BCUT2D eigenvalue weighted by Crippen LogP contribution is 2.28. The van der Waals surface area contributed by atoms with Gasteiger partial charge in [-0.2, -0.15) is 0 Å². The molecule has 0 atom stereocenters. The van der Waals surface area contributed by atoms with E-state index in [1.807, 2.05) is 19.9 Å². The molecule has 28 heavy (non-hydrogen) atoms. The van der Waals surface area contributed by atoms with Crippen molar-refractivity contribution in [2.24, 2.45) is 0 Å². The molecule has 1 saturated heterocycles. The topological polar surface area (TPSA) is 78.5 Å². The fourth-order valence-corrected chi connectivity index (χ4v) is 3.27. The van der Waals surface area contributed by atoms with Crippen molar-refractivity contribution in [3.05, 3.63) is 52.5 Å². The Balaban J connectivity index is 1.71. The lowest BCUT2D eigenvalue weighted by atomic mass is 10.1. The lowest BCUT2D eigenvalue weighted by Gasteiger charge is -2.28. The highest BCUT2D eigenvalue weighted by Gasteiger charge is 2.22. The molecule has 2 aromatic carbocycles. The fourth-order valence-electron chi connectivity index (χ4n) is 3.08. The third kappa shape index (κ3) is 4.51. The van der Waals surface area contributed by atoms with E-state index in [1.54, 1.807) is 35.2 Å². The number of amides is 3. The first-order valence-corrected chi connectivity index (χ1v) is 9.52. The molecule has 0 aliphatic carbocycles. The van der Waals surface area contributed by atoms with Gasteiger partial charge in [0.2, 0.25) is 5.91 Å². The number of benzene rings is 2. The minimum atomic E-state index is -0.795. The van der Waals surface area contributed by atoms with Crippen LogP contribution in [0, 0.1) is 13.8 Å². The molecule has 0 spiro atoms. The number of hydrogen-bond acceptors (Lipinski definition) is 3. The lowest BCUT2D eigenvalue weighted by molar-refractivity contribution is -0.132. The Morgan fingerprint density at radius 3 is 2.14 bits per heavy atom. The minimum Gasteiger partial charge on any atom is -0.318 e. The minimum absolute atomic E-state index is 0.0758. The molecule has 0 saturated carbocycles. The van der Waals surface area contributed by atoms with Gasteiger partial charge in [0, 0.05) is 35.1 Å². The Hall–Kier alpha value is -2.86. The van der Waals surface area contributed by atoms with Gasteiger partial charge in [0.25, 0.3) is 0 Å². The summed E-state index contributed by atoms with van der Waals surface area (Å²) in [6, 6.07) is 10.3. The molecule has 6 nitrogen and oxygen atoms in total. The molecule has 3 rings (SSSR count). The van der Waals surface area contributed by atoms with Crippen LogP contribution in [0.15, 0.2) is 36.4 Å². The number of halogens is 1. The van der Waals surface area contributed by atoms with Crippen LogP contribution >= 0.6 is 11.6 Å². The highest BCUT2D eigenvalue weighted by atomic mass is 35.5. The summed E-state index contributed by atoms with van der Waals surface area (Å²) in [4.78, 5) is 38.4. The molecular formula is C21H22ClN3O3. The standard InChI is InChI=1S/C21H22ClN3O3/c1-13-6-8-15(11-17(13)22)23-20(27)21(28)24-16-9-7-14(2)18(12-16)25-10-4-3-5-19(25)26/h6-9,11-12H,3-5,10H2,1-2H3,(H,23,27)(H,24,28). The van der Waals surface area contributed by atoms with Gasteiger partial charge < -0.3 is 15.5 Å². The lowest BCUT2D eigenvalue weighted by Crippen LogP contribution is -2.35. The second-order valence-electron chi connectivity index (χ2n) is 6.88. The first kappa shape index (κ1) is 19.9. The summed E-state index contributed by atoms with van der Waals surface area (Å²) in [6.45, 7) is 4.42. The second-order valence-corrected chi connectivity index (χ2v) is 7.28. The molecule has 146 valence electrons. The zero-order chi connectivity index (χ0) is 20.3. The van der Waals surface area contributed by atoms with Gasteiger partial charge in [-0.3, -0.25) is 14.4 Å². The van der Waals surface area contributed by atoms with E-state index >= 15 is 0 Å². The van der Waals surface area contributed by atoms with E-state index in [-0.39, 0.29) is 5.91 Å². The Labute approximate surface area is 168 Å². The van der Waals surface area contributed by atoms with Crippen molar-refractivity contribution in [1.82, 2.24) is 0 Å². The van der Waals surface area contributed by atoms with Gasteiger partial charge in [-0.05, 0) is 62.1 Å². The van der Waals surface area contributed by atoms with Gasteiger partial charge in [0.1, 0.15) is 0 Å². The van der Waals surface area contributed by atoms with Crippen LogP contribution in [0.5, 0.6) is 0 Å². The van der Waals surface area contributed by atoms with E-state index in [0.717, 1.165) is 29.7 Å².